The molecule has 0 heterocycles. The van der Waals surface area contributed by atoms with Gasteiger partial charge in [0.15, 0.2) is 0 Å². The predicted molar refractivity (Wildman–Crippen MR) is 159 cm³/mol. The Kier molecular flexibility index (Phi) is 7.96. The maximum absolute atomic E-state index is 2.50. The van der Waals surface area contributed by atoms with Crippen LogP contribution in [0.1, 0.15) is 156 Å². The molecule has 0 nitrogen and oxygen atoms in total. The lowest BCUT2D eigenvalue weighted by molar-refractivity contribution is 0.490. The molecule has 0 aliphatic heterocycles. The highest BCUT2D eigenvalue weighted by Crippen LogP contribution is 2.45. The first-order valence-corrected chi connectivity index (χ1v) is 13.8. The highest BCUT2D eigenvalue weighted by atomic mass is 14.4. The van der Waals surface area contributed by atoms with Crippen LogP contribution in [0.15, 0.2) is 30.3 Å². The van der Waals surface area contributed by atoms with Gasteiger partial charge in [-0.2, -0.15) is 0 Å². The van der Waals surface area contributed by atoms with Gasteiger partial charge in [0, 0.05) is 0 Å². The Morgan fingerprint density at radius 3 is 1.31 bits per heavy atom. The van der Waals surface area contributed by atoms with E-state index >= 15 is 0 Å². The second-order valence-corrected chi connectivity index (χ2v) is 16.2. The fourth-order valence-electron chi connectivity index (χ4n) is 5.70. The lowest BCUT2D eigenvalue weighted by Gasteiger charge is -2.39. The Morgan fingerprint density at radius 1 is 0.486 bits per heavy atom. The second-order valence-electron chi connectivity index (χ2n) is 16.2. The molecule has 2 aromatic carbocycles. The quantitative estimate of drug-likeness (QED) is 0.413. The summed E-state index contributed by atoms with van der Waals surface area (Å²) in [6, 6.07) is 12.2. The molecular weight excluding hydrogens is 420 g/mol. The molecule has 196 valence electrons. The number of hydrogen-bond acceptors (Lipinski definition) is 0. The van der Waals surface area contributed by atoms with Gasteiger partial charge in [-0.05, 0) is 78.4 Å². The van der Waals surface area contributed by atoms with Crippen molar-refractivity contribution in [1.82, 2.24) is 0 Å². The molecule has 0 N–H and O–H groups in total. The van der Waals surface area contributed by atoms with Crippen LogP contribution in [-0.4, -0.2) is 0 Å². The fraction of sp³-hybridized carbons (Fsp3) is 0.657. The molecule has 0 spiro atoms. The van der Waals surface area contributed by atoms with Gasteiger partial charge in [-0.15, -0.1) is 0 Å². The highest BCUT2D eigenvalue weighted by Gasteiger charge is 2.34. The van der Waals surface area contributed by atoms with Crippen LogP contribution in [0.5, 0.6) is 0 Å². The summed E-state index contributed by atoms with van der Waals surface area (Å²) >= 11 is 0. The molecule has 1 unspecified atom stereocenters. The summed E-state index contributed by atoms with van der Waals surface area (Å²) in [5.74, 6) is 0.452. The molecule has 2 rings (SSSR count). The minimum atomic E-state index is 0.0835. The van der Waals surface area contributed by atoms with E-state index < -0.39 is 0 Å². The Bertz CT molecular complexity index is 1030. The van der Waals surface area contributed by atoms with Crippen molar-refractivity contribution in [3.05, 3.63) is 69.3 Å². The predicted octanol–water partition coefficient (Wildman–Crippen LogP) is 10.5. The Balaban J connectivity index is 2.71. The van der Waals surface area contributed by atoms with E-state index in [2.05, 4.69) is 141 Å². The average molecular weight is 477 g/mol. The van der Waals surface area contributed by atoms with Gasteiger partial charge in [-0.1, -0.05) is 141 Å². The van der Waals surface area contributed by atoms with Crippen LogP contribution in [0.3, 0.4) is 0 Å². The SMILES string of the molecule is CC(Cc1ccc(C(C)(C)C)c(C(C)(C)C)c1)c1ccc(C(C)(C)C)c(C(C)(C)C)c1C(C)(C)C. The van der Waals surface area contributed by atoms with Crippen LogP contribution >= 0.6 is 0 Å². The average Bonchev–Trinajstić information content (AvgIpc) is 2.63. The molecule has 0 fully saturated rings. The Hall–Kier alpha value is -1.56. The third-order valence-corrected chi connectivity index (χ3v) is 7.32. The summed E-state index contributed by atoms with van der Waals surface area (Å²) in [5.41, 5.74) is 11.1. The van der Waals surface area contributed by atoms with E-state index in [-0.39, 0.29) is 27.1 Å². The van der Waals surface area contributed by atoms with Gasteiger partial charge in [0.2, 0.25) is 0 Å². The molecule has 1 atom stereocenters. The van der Waals surface area contributed by atoms with Crippen molar-refractivity contribution in [1.29, 1.82) is 0 Å². The second kappa shape index (κ2) is 9.39. The van der Waals surface area contributed by atoms with E-state index in [4.69, 9.17) is 0 Å². The van der Waals surface area contributed by atoms with E-state index in [0.717, 1.165) is 6.42 Å². The molecule has 0 aliphatic rings. The summed E-state index contributed by atoms with van der Waals surface area (Å²) in [4.78, 5) is 0. The molecule has 2 aromatic rings. The fourth-order valence-corrected chi connectivity index (χ4v) is 5.70. The van der Waals surface area contributed by atoms with Gasteiger partial charge in [-0.3, -0.25) is 0 Å². The zero-order valence-corrected chi connectivity index (χ0v) is 26.2. The Labute approximate surface area is 219 Å². The van der Waals surface area contributed by atoms with Crippen molar-refractivity contribution in [2.45, 2.75) is 150 Å². The molecular formula is C35H56. The molecule has 0 heteroatoms. The number of rotatable bonds is 3. The summed E-state index contributed by atoms with van der Waals surface area (Å²) in [5, 5.41) is 0. The summed E-state index contributed by atoms with van der Waals surface area (Å²) in [6.07, 6.45) is 1.06. The third-order valence-electron chi connectivity index (χ3n) is 7.32. The van der Waals surface area contributed by atoms with Gasteiger partial charge < -0.3 is 0 Å². The largest absolute Gasteiger partial charge is 0.0587 e. The maximum Gasteiger partial charge on any atom is -0.0126 e. The molecule has 0 saturated heterocycles. The standard InChI is InChI=1S/C35H56/c1-23(21-24-17-19-26(31(2,3)4)28(22-24)33(8,9)10)25-18-20-27(32(5,6)7)30(35(14,15)16)29(25)34(11,12)13/h17-20,22-23H,21H2,1-16H3. The topological polar surface area (TPSA) is 0 Å². The first kappa shape index (κ1) is 29.7. The monoisotopic (exact) mass is 476 g/mol. The van der Waals surface area contributed by atoms with Gasteiger partial charge >= 0.3 is 0 Å². The van der Waals surface area contributed by atoms with Crippen LogP contribution in [0.2, 0.25) is 0 Å². The smallest absolute Gasteiger partial charge is 0.0126 e. The van der Waals surface area contributed by atoms with Crippen molar-refractivity contribution in [2.24, 2.45) is 0 Å². The van der Waals surface area contributed by atoms with Crippen LogP contribution in [-0.2, 0) is 33.5 Å². The maximum atomic E-state index is 2.50. The van der Waals surface area contributed by atoms with Crippen molar-refractivity contribution >= 4 is 0 Å². The normalized spacial score (nSPS) is 14.9. The van der Waals surface area contributed by atoms with Gasteiger partial charge in [0.1, 0.15) is 0 Å². The van der Waals surface area contributed by atoms with Crippen LogP contribution in [0.4, 0.5) is 0 Å². The molecule has 0 amide bonds. The van der Waals surface area contributed by atoms with Crippen molar-refractivity contribution < 1.29 is 0 Å². The number of benzene rings is 2. The van der Waals surface area contributed by atoms with Crippen molar-refractivity contribution in [2.75, 3.05) is 0 Å². The molecule has 0 aliphatic carbocycles. The van der Waals surface area contributed by atoms with E-state index in [1.807, 2.05) is 0 Å². The molecule has 0 aromatic heterocycles. The van der Waals surface area contributed by atoms with Crippen molar-refractivity contribution in [3.8, 4) is 0 Å². The zero-order valence-electron chi connectivity index (χ0n) is 26.2. The van der Waals surface area contributed by atoms with E-state index in [1.54, 1.807) is 11.1 Å². The van der Waals surface area contributed by atoms with Crippen LogP contribution in [0.25, 0.3) is 0 Å². The summed E-state index contributed by atoms with van der Waals surface area (Å²) in [7, 11) is 0. The van der Waals surface area contributed by atoms with Gasteiger partial charge in [-0.25, -0.2) is 0 Å². The van der Waals surface area contributed by atoms with Gasteiger partial charge in [0.25, 0.3) is 0 Å². The van der Waals surface area contributed by atoms with E-state index in [9.17, 15) is 0 Å². The van der Waals surface area contributed by atoms with Crippen molar-refractivity contribution in [3.63, 3.8) is 0 Å². The first-order chi connectivity index (χ1) is 15.5. The zero-order chi connectivity index (χ0) is 27.4. The van der Waals surface area contributed by atoms with E-state index in [1.165, 1.54) is 27.8 Å². The third kappa shape index (κ3) is 6.81. The molecule has 0 bridgehead atoms. The van der Waals surface area contributed by atoms with Crippen LogP contribution in [0, 0.1) is 0 Å². The van der Waals surface area contributed by atoms with E-state index in [0.29, 0.717) is 5.92 Å². The number of hydrogen-bond donors (Lipinski definition) is 0. The Morgan fingerprint density at radius 2 is 0.914 bits per heavy atom. The molecule has 0 radical (unpaired) electrons. The lowest BCUT2D eigenvalue weighted by atomic mass is 9.66. The minimum Gasteiger partial charge on any atom is -0.0587 e. The summed E-state index contributed by atoms with van der Waals surface area (Å²) < 4.78 is 0. The first-order valence-electron chi connectivity index (χ1n) is 13.8. The summed E-state index contributed by atoms with van der Waals surface area (Å²) in [6.45, 7) is 37.9. The van der Waals surface area contributed by atoms with Gasteiger partial charge in [0.05, 0.1) is 0 Å². The minimum absolute atomic E-state index is 0.0835. The lowest BCUT2D eigenvalue weighted by Crippen LogP contribution is -2.30. The molecule has 0 saturated carbocycles. The highest BCUT2D eigenvalue weighted by molar-refractivity contribution is 5.52. The molecule has 35 heavy (non-hydrogen) atoms. The van der Waals surface area contributed by atoms with Crippen LogP contribution < -0.4 is 0 Å².